The Labute approximate surface area is 252 Å². The average Bonchev–Trinajstić information content (AvgIpc) is 3.24. The lowest BCUT2D eigenvalue weighted by molar-refractivity contribution is -0.137. The van der Waals surface area contributed by atoms with E-state index in [1.165, 1.54) is 12.1 Å². The smallest absolute Gasteiger partial charge is 0.305 e. The summed E-state index contributed by atoms with van der Waals surface area (Å²) in [7, 11) is 0. The van der Waals surface area contributed by atoms with Gasteiger partial charge in [-0.15, -0.1) is 0 Å². The summed E-state index contributed by atoms with van der Waals surface area (Å²) in [6.07, 6.45) is 5.80. The molecule has 1 heterocycles. The number of hydrogen-bond donors (Lipinski definition) is 2. The third-order valence-electron chi connectivity index (χ3n) is 9.24. The molecule has 4 rings (SSSR count). The molecule has 1 unspecified atom stereocenters. The monoisotopic (exact) mass is 597 g/mol. The maximum absolute atomic E-state index is 14.3. The van der Waals surface area contributed by atoms with E-state index < -0.39 is 17.4 Å². The molecule has 0 radical (unpaired) electrons. The molecule has 0 aromatic heterocycles. The van der Waals surface area contributed by atoms with E-state index in [2.05, 4.69) is 33.0 Å². The summed E-state index contributed by atoms with van der Waals surface area (Å²) < 4.78 is 14.0. The van der Waals surface area contributed by atoms with Crippen molar-refractivity contribution in [3.05, 3.63) is 70.0 Å². The topological polar surface area (TPSA) is 99.1 Å². The van der Waals surface area contributed by atoms with Crippen molar-refractivity contribution >= 4 is 35.1 Å². The van der Waals surface area contributed by atoms with E-state index in [4.69, 9.17) is 21.7 Å². The Kier molecular flexibility index (Phi) is 9.76. The van der Waals surface area contributed by atoms with Crippen molar-refractivity contribution in [1.82, 2.24) is 10.2 Å². The van der Waals surface area contributed by atoms with Crippen molar-refractivity contribution in [3.63, 3.8) is 0 Å². The lowest BCUT2D eigenvalue weighted by atomic mass is 9.67. The van der Waals surface area contributed by atoms with E-state index in [-0.39, 0.29) is 41.3 Å². The molecule has 1 aliphatic carbocycles. The van der Waals surface area contributed by atoms with Crippen LogP contribution in [0.4, 0.5) is 4.39 Å². The van der Waals surface area contributed by atoms with Crippen LogP contribution in [0.25, 0.3) is 0 Å². The highest BCUT2D eigenvalue weighted by atomic mass is 35.5. The molecule has 2 aliphatic rings. The molecule has 1 atom stereocenters. The number of benzene rings is 2. The van der Waals surface area contributed by atoms with Gasteiger partial charge in [-0.1, -0.05) is 64.3 Å². The van der Waals surface area contributed by atoms with E-state index in [1.807, 2.05) is 17.0 Å². The van der Waals surface area contributed by atoms with Crippen LogP contribution in [-0.2, 0) is 9.59 Å². The minimum absolute atomic E-state index is 0.0442. The van der Waals surface area contributed by atoms with Gasteiger partial charge in [-0.25, -0.2) is 4.39 Å². The van der Waals surface area contributed by atoms with Crippen LogP contribution in [0.1, 0.15) is 107 Å². The van der Waals surface area contributed by atoms with Gasteiger partial charge in [0.05, 0.1) is 17.5 Å². The number of rotatable bonds is 11. The summed E-state index contributed by atoms with van der Waals surface area (Å²) in [6.45, 7) is 8.95. The lowest BCUT2D eigenvalue weighted by Gasteiger charge is -2.48. The first kappa shape index (κ1) is 31.7. The van der Waals surface area contributed by atoms with Crippen LogP contribution < -0.4 is 5.32 Å². The van der Waals surface area contributed by atoms with Crippen LogP contribution in [0, 0.1) is 17.2 Å². The molecule has 2 amide bonds. The van der Waals surface area contributed by atoms with Crippen molar-refractivity contribution in [2.45, 2.75) is 90.8 Å². The summed E-state index contributed by atoms with van der Waals surface area (Å²) in [4.78, 5) is 44.7. The van der Waals surface area contributed by atoms with Gasteiger partial charge in [-0.2, -0.15) is 0 Å². The molecule has 0 saturated heterocycles. The Morgan fingerprint density at radius 2 is 1.83 bits per heavy atom. The van der Waals surface area contributed by atoms with Crippen LogP contribution in [0.15, 0.2) is 47.5 Å². The van der Waals surface area contributed by atoms with E-state index in [1.54, 1.807) is 18.2 Å². The second kappa shape index (κ2) is 12.9. The molecular weight excluding hydrogens is 557 g/mol. The number of carbonyl (C=O) groups is 3. The van der Waals surface area contributed by atoms with E-state index in [9.17, 15) is 18.8 Å². The zero-order valence-electron chi connectivity index (χ0n) is 24.9. The normalized spacial score (nSPS) is 21.4. The summed E-state index contributed by atoms with van der Waals surface area (Å²) in [5.74, 6) is -1.54. The number of carboxylic acids is 1. The quantitative estimate of drug-likeness (QED) is 0.287. The number of amides is 2. The number of nitrogens with zero attached hydrogens (tertiary/aromatic N) is 2. The minimum atomic E-state index is -0.978. The fourth-order valence-corrected chi connectivity index (χ4v) is 6.52. The first-order valence-corrected chi connectivity index (χ1v) is 15.3. The summed E-state index contributed by atoms with van der Waals surface area (Å²) in [6, 6.07) is 11.2. The predicted octanol–water partition coefficient (Wildman–Crippen LogP) is 7.18. The van der Waals surface area contributed by atoms with Gasteiger partial charge < -0.3 is 15.3 Å². The zero-order chi connectivity index (χ0) is 30.7. The number of aliphatic imine (C=N–C) groups is 1. The molecule has 42 heavy (non-hydrogen) atoms. The van der Waals surface area contributed by atoms with Crippen LogP contribution in [0.2, 0.25) is 5.02 Å². The molecule has 1 spiro atoms. The number of halogens is 2. The van der Waals surface area contributed by atoms with Crippen LogP contribution >= 0.6 is 11.6 Å². The van der Waals surface area contributed by atoms with E-state index in [0.717, 1.165) is 44.1 Å². The van der Waals surface area contributed by atoms with Gasteiger partial charge in [-0.05, 0) is 79.3 Å². The Morgan fingerprint density at radius 3 is 2.40 bits per heavy atom. The Hall–Kier alpha value is -3.26. The first-order chi connectivity index (χ1) is 19.9. The van der Waals surface area contributed by atoms with Gasteiger partial charge in [0.1, 0.15) is 17.2 Å². The Balaban J connectivity index is 1.69. The SMILES string of the molecule is CCCC(c1ccc(C(=O)NCCC(=O)O)cc1)N1C(=O)C(c2ccc(F)c(Cl)c2)=NC12CCC(C(C)(C)CC)CC2. The third-order valence-corrected chi connectivity index (χ3v) is 9.53. The number of carboxylic acid groups (broad SMARTS) is 1. The van der Waals surface area contributed by atoms with Crippen molar-refractivity contribution in [2.24, 2.45) is 16.3 Å². The molecule has 1 fully saturated rings. The molecule has 9 heteroatoms. The van der Waals surface area contributed by atoms with Crippen molar-refractivity contribution < 1.29 is 23.9 Å². The molecule has 2 aromatic rings. The molecule has 1 saturated carbocycles. The van der Waals surface area contributed by atoms with Gasteiger partial charge in [-0.3, -0.25) is 19.4 Å². The van der Waals surface area contributed by atoms with Crippen molar-refractivity contribution in [3.8, 4) is 0 Å². The van der Waals surface area contributed by atoms with Gasteiger partial charge in [0.15, 0.2) is 0 Å². The fraction of sp³-hybridized carbons (Fsp3) is 0.515. The number of hydrogen-bond acceptors (Lipinski definition) is 4. The molecule has 226 valence electrons. The van der Waals surface area contributed by atoms with Gasteiger partial charge in [0, 0.05) is 17.7 Å². The molecule has 2 N–H and O–H groups in total. The second-order valence-electron chi connectivity index (χ2n) is 12.2. The predicted molar refractivity (Wildman–Crippen MR) is 162 cm³/mol. The van der Waals surface area contributed by atoms with Gasteiger partial charge in [0.25, 0.3) is 11.8 Å². The van der Waals surface area contributed by atoms with Gasteiger partial charge in [0.2, 0.25) is 0 Å². The molecule has 1 aliphatic heterocycles. The fourth-order valence-electron chi connectivity index (χ4n) is 6.34. The van der Waals surface area contributed by atoms with Crippen LogP contribution in [0.5, 0.6) is 0 Å². The second-order valence-corrected chi connectivity index (χ2v) is 12.6. The largest absolute Gasteiger partial charge is 0.481 e. The molecule has 2 aromatic carbocycles. The summed E-state index contributed by atoms with van der Waals surface area (Å²) in [5, 5.41) is 11.4. The van der Waals surface area contributed by atoms with E-state index >= 15 is 0 Å². The number of carbonyl (C=O) groups excluding carboxylic acids is 2. The highest BCUT2D eigenvalue weighted by Crippen LogP contribution is 2.50. The van der Waals surface area contributed by atoms with Crippen molar-refractivity contribution in [2.75, 3.05) is 6.54 Å². The van der Waals surface area contributed by atoms with E-state index in [0.29, 0.717) is 29.2 Å². The van der Waals surface area contributed by atoms with Crippen LogP contribution in [-0.4, -0.2) is 45.7 Å². The minimum Gasteiger partial charge on any atom is -0.481 e. The maximum Gasteiger partial charge on any atom is 0.305 e. The summed E-state index contributed by atoms with van der Waals surface area (Å²) >= 11 is 6.12. The number of nitrogens with one attached hydrogen (secondary N) is 1. The lowest BCUT2D eigenvalue weighted by Crippen LogP contribution is -2.51. The first-order valence-electron chi connectivity index (χ1n) is 14.9. The standard InChI is InChI=1S/C33H41ClFN3O4/c1-5-7-27(21-8-10-22(11-9-21)30(41)36-19-16-28(39)40)38-31(42)29(23-12-13-26(35)25(34)20-23)37-33(38)17-14-24(15-18-33)32(3,4)6-2/h8-13,20,24,27H,5-7,14-19H2,1-4H3,(H,36,41)(H,39,40). The highest BCUT2D eigenvalue weighted by molar-refractivity contribution is 6.47. The Morgan fingerprint density at radius 1 is 1.17 bits per heavy atom. The average molecular weight is 598 g/mol. The Bertz CT molecular complexity index is 1350. The molecule has 0 bridgehead atoms. The zero-order valence-corrected chi connectivity index (χ0v) is 25.6. The van der Waals surface area contributed by atoms with Gasteiger partial charge >= 0.3 is 5.97 Å². The molecular formula is C33H41ClFN3O4. The number of aliphatic carboxylic acids is 1. The summed E-state index contributed by atoms with van der Waals surface area (Å²) in [5.41, 5.74) is 1.60. The third kappa shape index (κ3) is 6.54. The molecule has 7 nitrogen and oxygen atoms in total. The highest BCUT2D eigenvalue weighted by Gasteiger charge is 2.52. The maximum atomic E-state index is 14.3. The van der Waals surface area contributed by atoms with Crippen molar-refractivity contribution in [1.29, 1.82) is 0 Å². The van der Waals surface area contributed by atoms with Crippen LogP contribution in [0.3, 0.4) is 0 Å².